The van der Waals surface area contributed by atoms with Gasteiger partial charge in [-0.15, -0.1) is 24.0 Å². The van der Waals surface area contributed by atoms with E-state index in [0.29, 0.717) is 25.3 Å². The molecule has 156 valence electrons. The molecule has 0 radical (unpaired) electrons. The summed E-state index contributed by atoms with van der Waals surface area (Å²) in [6.45, 7) is 2.48. The van der Waals surface area contributed by atoms with Gasteiger partial charge in [0.1, 0.15) is 0 Å². The molecule has 0 unspecified atom stereocenters. The molecule has 2 aliphatic rings. The summed E-state index contributed by atoms with van der Waals surface area (Å²) in [5, 5.41) is 6.54. The fourth-order valence-electron chi connectivity index (χ4n) is 3.69. The van der Waals surface area contributed by atoms with E-state index in [1.54, 1.807) is 7.05 Å². The highest BCUT2D eigenvalue weighted by Crippen LogP contribution is 2.37. The normalized spacial score (nSPS) is 22.7. The average Bonchev–Trinajstić information content (AvgIpc) is 3.20. The number of halogens is 4. The summed E-state index contributed by atoms with van der Waals surface area (Å²) in [6.07, 6.45) is 1.65. The zero-order valence-corrected chi connectivity index (χ0v) is 18.3. The van der Waals surface area contributed by atoms with Crippen molar-refractivity contribution in [3.63, 3.8) is 0 Å². The van der Waals surface area contributed by atoms with Gasteiger partial charge in [0.25, 0.3) is 0 Å². The first-order chi connectivity index (χ1) is 13.0. The molecule has 3 rings (SSSR count). The summed E-state index contributed by atoms with van der Waals surface area (Å²) >= 11 is 0. The van der Waals surface area contributed by atoms with E-state index in [0.717, 1.165) is 18.7 Å². The molecule has 0 aromatic heterocycles. The molecule has 0 bridgehead atoms. The number of guanidine groups is 1. The minimum absolute atomic E-state index is 0. The van der Waals surface area contributed by atoms with Crippen molar-refractivity contribution in [2.24, 2.45) is 10.9 Å². The van der Waals surface area contributed by atoms with Gasteiger partial charge in [0.05, 0.1) is 5.92 Å². The van der Waals surface area contributed by atoms with E-state index in [2.05, 4.69) is 50.9 Å². The average molecular weight is 508 g/mol. The lowest BCUT2D eigenvalue weighted by Crippen LogP contribution is -2.45. The molecule has 1 aliphatic heterocycles. The van der Waals surface area contributed by atoms with Gasteiger partial charge >= 0.3 is 6.18 Å². The first kappa shape index (κ1) is 22.8. The molecular formula is C20H28F3IN4. The fraction of sp³-hybridized carbons (Fsp3) is 0.550. The number of benzene rings is 1. The molecule has 1 aromatic carbocycles. The zero-order valence-electron chi connectivity index (χ0n) is 16.0. The van der Waals surface area contributed by atoms with Crippen LogP contribution in [0.3, 0.4) is 0 Å². The van der Waals surface area contributed by atoms with E-state index in [1.165, 1.54) is 5.69 Å². The Kier molecular flexibility index (Phi) is 8.45. The lowest BCUT2D eigenvalue weighted by molar-refractivity contribution is -0.182. The smallest absolute Gasteiger partial charge is 0.364 e. The van der Waals surface area contributed by atoms with E-state index in [1.807, 2.05) is 6.07 Å². The molecule has 4 nitrogen and oxygen atoms in total. The molecule has 8 heteroatoms. The van der Waals surface area contributed by atoms with Gasteiger partial charge in [-0.3, -0.25) is 4.99 Å². The van der Waals surface area contributed by atoms with Crippen LogP contribution in [0.15, 0.2) is 41.4 Å². The zero-order chi connectivity index (χ0) is 19.3. The summed E-state index contributed by atoms with van der Waals surface area (Å²) in [6, 6.07) is 8.39. The first-order valence-electron chi connectivity index (χ1n) is 9.48. The molecule has 1 aliphatic carbocycles. The SMILES string of the molecule is CN=C(NCc1cccc(N2CC=CC2)c1)NC1CCC(C(F)(F)F)CC1.I. The van der Waals surface area contributed by atoms with Crippen LogP contribution in [0.2, 0.25) is 0 Å². The van der Waals surface area contributed by atoms with Crippen LogP contribution < -0.4 is 15.5 Å². The number of alkyl halides is 3. The molecule has 1 heterocycles. The number of hydrogen-bond acceptors (Lipinski definition) is 2. The van der Waals surface area contributed by atoms with Crippen molar-refractivity contribution in [2.75, 3.05) is 25.0 Å². The fourth-order valence-corrected chi connectivity index (χ4v) is 3.69. The second-order valence-electron chi connectivity index (χ2n) is 7.21. The van der Waals surface area contributed by atoms with Crippen LogP contribution in [-0.2, 0) is 6.54 Å². The lowest BCUT2D eigenvalue weighted by atomic mass is 9.85. The number of aliphatic imine (C=N–C) groups is 1. The molecule has 1 aromatic rings. The second-order valence-corrected chi connectivity index (χ2v) is 7.21. The van der Waals surface area contributed by atoms with Crippen molar-refractivity contribution in [1.29, 1.82) is 0 Å². The third-order valence-electron chi connectivity index (χ3n) is 5.31. The quantitative estimate of drug-likeness (QED) is 0.273. The molecule has 2 N–H and O–H groups in total. The van der Waals surface area contributed by atoms with Crippen molar-refractivity contribution in [1.82, 2.24) is 10.6 Å². The highest BCUT2D eigenvalue weighted by atomic mass is 127. The van der Waals surface area contributed by atoms with E-state index >= 15 is 0 Å². The number of anilines is 1. The summed E-state index contributed by atoms with van der Waals surface area (Å²) in [4.78, 5) is 6.50. The van der Waals surface area contributed by atoms with Crippen molar-refractivity contribution in [3.8, 4) is 0 Å². The predicted molar refractivity (Wildman–Crippen MR) is 118 cm³/mol. The van der Waals surface area contributed by atoms with Crippen LogP contribution in [0.5, 0.6) is 0 Å². The highest BCUT2D eigenvalue weighted by molar-refractivity contribution is 14.0. The summed E-state index contributed by atoms with van der Waals surface area (Å²) < 4.78 is 38.4. The molecule has 28 heavy (non-hydrogen) atoms. The molecular weight excluding hydrogens is 480 g/mol. The Morgan fingerprint density at radius 2 is 1.82 bits per heavy atom. The Bertz CT molecular complexity index is 674. The van der Waals surface area contributed by atoms with Crippen molar-refractivity contribution in [3.05, 3.63) is 42.0 Å². The van der Waals surface area contributed by atoms with Gasteiger partial charge < -0.3 is 15.5 Å². The van der Waals surface area contributed by atoms with E-state index in [4.69, 9.17) is 0 Å². The van der Waals surface area contributed by atoms with Crippen LogP contribution in [-0.4, -0.2) is 38.3 Å². The third kappa shape index (κ3) is 6.28. The number of nitrogens with one attached hydrogen (secondary N) is 2. The summed E-state index contributed by atoms with van der Waals surface area (Å²) in [5.41, 5.74) is 2.33. The maximum absolute atomic E-state index is 12.8. The van der Waals surface area contributed by atoms with Gasteiger partial charge in [-0.1, -0.05) is 24.3 Å². The van der Waals surface area contributed by atoms with Gasteiger partial charge in [-0.25, -0.2) is 0 Å². The molecule has 0 saturated heterocycles. The Morgan fingerprint density at radius 1 is 1.14 bits per heavy atom. The van der Waals surface area contributed by atoms with E-state index in [9.17, 15) is 13.2 Å². The Morgan fingerprint density at radius 3 is 2.43 bits per heavy atom. The second kappa shape index (κ2) is 10.4. The minimum Gasteiger partial charge on any atom is -0.364 e. The van der Waals surface area contributed by atoms with Gasteiger partial charge in [-0.05, 0) is 43.4 Å². The summed E-state index contributed by atoms with van der Waals surface area (Å²) in [7, 11) is 1.68. The van der Waals surface area contributed by atoms with Crippen molar-refractivity contribution >= 4 is 35.6 Å². The monoisotopic (exact) mass is 508 g/mol. The Hall–Kier alpha value is -1.45. The largest absolute Gasteiger partial charge is 0.391 e. The Balaban J connectivity index is 0.00000280. The van der Waals surface area contributed by atoms with Crippen molar-refractivity contribution in [2.45, 2.75) is 44.4 Å². The van der Waals surface area contributed by atoms with Crippen LogP contribution in [0.4, 0.5) is 18.9 Å². The van der Waals surface area contributed by atoms with Crippen molar-refractivity contribution < 1.29 is 13.2 Å². The van der Waals surface area contributed by atoms with Gasteiger partial charge in [-0.2, -0.15) is 13.2 Å². The predicted octanol–water partition coefficient (Wildman–Crippen LogP) is 4.47. The number of rotatable bonds is 4. The van der Waals surface area contributed by atoms with Crippen LogP contribution in [0.25, 0.3) is 0 Å². The number of hydrogen-bond donors (Lipinski definition) is 2. The van der Waals surface area contributed by atoms with E-state index in [-0.39, 0.29) is 42.9 Å². The molecule has 1 saturated carbocycles. The topological polar surface area (TPSA) is 39.7 Å². The summed E-state index contributed by atoms with van der Waals surface area (Å²) in [5.74, 6) is -0.521. The highest BCUT2D eigenvalue weighted by Gasteiger charge is 2.41. The number of nitrogens with zero attached hydrogens (tertiary/aromatic N) is 2. The molecule has 0 atom stereocenters. The van der Waals surface area contributed by atoms with Gasteiger partial charge in [0.2, 0.25) is 0 Å². The molecule has 0 amide bonds. The minimum atomic E-state index is -4.07. The van der Waals surface area contributed by atoms with Crippen LogP contribution in [0.1, 0.15) is 31.2 Å². The van der Waals surface area contributed by atoms with Gasteiger partial charge in [0, 0.05) is 38.4 Å². The Labute approximate surface area is 181 Å². The standard InChI is InChI=1S/C20H27F3N4.HI/c1-24-19(26-17-9-7-16(8-10-17)20(21,22)23)25-14-15-5-4-6-18(13-15)27-11-2-3-12-27;/h2-6,13,16-17H,7-12,14H2,1H3,(H2,24,25,26);1H. The molecule has 1 fully saturated rings. The molecule has 0 spiro atoms. The van der Waals surface area contributed by atoms with Gasteiger partial charge in [0.15, 0.2) is 5.96 Å². The lowest BCUT2D eigenvalue weighted by Gasteiger charge is -2.31. The van der Waals surface area contributed by atoms with E-state index < -0.39 is 12.1 Å². The first-order valence-corrected chi connectivity index (χ1v) is 9.48. The maximum Gasteiger partial charge on any atom is 0.391 e. The van der Waals surface area contributed by atoms with Crippen LogP contribution in [0, 0.1) is 5.92 Å². The maximum atomic E-state index is 12.8. The third-order valence-corrected chi connectivity index (χ3v) is 5.31. The van der Waals surface area contributed by atoms with Crippen LogP contribution >= 0.6 is 24.0 Å².